The summed E-state index contributed by atoms with van der Waals surface area (Å²) in [5.41, 5.74) is 0.403. The van der Waals surface area contributed by atoms with Crippen LogP contribution in [0.15, 0.2) is 54.6 Å². The summed E-state index contributed by atoms with van der Waals surface area (Å²) in [6.07, 6.45) is 3.33. The molecule has 6 nitrogen and oxygen atoms in total. The van der Waals surface area contributed by atoms with E-state index in [0.29, 0.717) is 24.5 Å². The molecule has 2 aromatic rings. The summed E-state index contributed by atoms with van der Waals surface area (Å²) in [7, 11) is 1.55. The van der Waals surface area contributed by atoms with Gasteiger partial charge >= 0.3 is 5.97 Å². The first-order chi connectivity index (χ1) is 13.5. The normalized spacial score (nSPS) is 20.6. The van der Waals surface area contributed by atoms with Crippen molar-refractivity contribution >= 4 is 18.0 Å². The molecule has 2 N–H and O–H groups in total. The highest BCUT2D eigenvalue weighted by atomic mass is 16.5. The number of carbonyl (C=O) groups excluding carboxylic acids is 1. The van der Waals surface area contributed by atoms with Crippen LogP contribution in [0.5, 0.6) is 11.5 Å². The second-order valence-electron chi connectivity index (χ2n) is 6.61. The van der Waals surface area contributed by atoms with Crippen molar-refractivity contribution in [1.82, 2.24) is 5.32 Å². The Bertz CT molecular complexity index is 893. The first kappa shape index (κ1) is 19.5. The minimum atomic E-state index is -1.25. The molecule has 2 aromatic carbocycles. The van der Waals surface area contributed by atoms with Gasteiger partial charge in [0.1, 0.15) is 5.54 Å². The topological polar surface area (TPSA) is 84.9 Å². The molecule has 2 unspecified atom stereocenters. The Balaban J connectivity index is 1.70. The van der Waals surface area contributed by atoms with Crippen molar-refractivity contribution in [3.8, 4) is 11.5 Å². The first-order valence-corrected chi connectivity index (χ1v) is 9.09. The third-order valence-electron chi connectivity index (χ3n) is 4.81. The number of benzene rings is 2. The molecule has 0 radical (unpaired) electrons. The number of hydrogen-bond donors (Lipinski definition) is 2. The molecule has 0 saturated heterocycles. The Morgan fingerprint density at radius 3 is 2.61 bits per heavy atom. The first-order valence-electron chi connectivity index (χ1n) is 9.09. The maximum atomic E-state index is 12.4. The van der Waals surface area contributed by atoms with Gasteiger partial charge in [-0.25, -0.2) is 4.79 Å². The number of aliphatic carboxylic acids is 1. The molecule has 1 aliphatic carbocycles. The van der Waals surface area contributed by atoms with Gasteiger partial charge in [0, 0.05) is 12.0 Å². The Labute approximate surface area is 163 Å². The molecule has 0 spiro atoms. The summed E-state index contributed by atoms with van der Waals surface area (Å²) in [6.45, 7) is 2.41. The standard InChI is InChI=1S/C22H23NO5/c1-3-28-18-11-9-15(13-19(18)27-2)10-12-20(24)23-22(21(25)26)14-17(22)16-7-5-4-6-8-16/h4-13,17H,3,14H2,1-2H3,(H,23,24)(H,25,26)/b12-10+. The maximum Gasteiger partial charge on any atom is 0.330 e. The molecule has 1 saturated carbocycles. The molecular weight excluding hydrogens is 358 g/mol. The zero-order valence-corrected chi connectivity index (χ0v) is 15.8. The molecule has 146 valence electrons. The fourth-order valence-electron chi connectivity index (χ4n) is 3.27. The van der Waals surface area contributed by atoms with Gasteiger partial charge in [0.2, 0.25) is 5.91 Å². The largest absolute Gasteiger partial charge is 0.493 e. The van der Waals surface area contributed by atoms with Crippen LogP contribution in [-0.2, 0) is 9.59 Å². The van der Waals surface area contributed by atoms with Gasteiger partial charge in [-0.2, -0.15) is 0 Å². The van der Waals surface area contributed by atoms with Crippen LogP contribution >= 0.6 is 0 Å². The van der Waals surface area contributed by atoms with Crippen molar-refractivity contribution < 1.29 is 24.2 Å². The molecule has 3 rings (SSSR count). The summed E-state index contributed by atoms with van der Waals surface area (Å²) in [5, 5.41) is 12.3. The van der Waals surface area contributed by atoms with Crippen LogP contribution in [0.25, 0.3) is 6.08 Å². The van der Waals surface area contributed by atoms with Crippen LogP contribution in [0.4, 0.5) is 0 Å². The van der Waals surface area contributed by atoms with Crippen molar-refractivity contribution in [1.29, 1.82) is 0 Å². The van der Waals surface area contributed by atoms with Crippen molar-refractivity contribution in [3.05, 3.63) is 65.7 Å². The third-order valence-corrected chi connectivity index (χ3v) is 4.81. The van der Waals surface area contributed by atoms with Crippen LogP contribution in [0.1, 0.15) is 30.4 Å². The SMILES string of the molecule is CCOc1ccc(/C=C/C(=O)NC2(C(=O)O)CC2c2ccccc2)cc1OC. The lowest BCUT2D eigenvalue weighted by molar-refractivity contribution is -0.142. The number of methoxy groups -OCH3 is 1. The quantitative estimate of drug-likeness (QED) is 0.686. The van der Waals surface area contributed by atoms with Gasteiger partial charge in [-0.15, -0.1) is 0 Å². The van der Waals surface area contributed by atoms with E-state index in [1.165, 1.54) is 6.08 Å². The van der Waals surface area contributed by atoms with Crippen LogP contribution in [0.3, 0.4) is 0 Å². The summed E-state index contributed by atoms with van der Waals surface area (Å²) in [5.74, 6) is -0.508. The highest BCUT2D eigenvalue weighted by Crippen LogP contribution is 2.51. The molecule has 2 atom stereocenters. The number of carboxylic acids is 1. The molecule has 0 bridgehead atoms. The minimum absolute atomic E-state index is 0.228. The molecule has 28 heavy (non-hydrogen) atoms. The molecule has 0 aliphatic heterocycles. The number of nitrogens with one attached hydrogen (secondary N) is 1. The number of hydrogen-bond acceptors (Lipinski definition) is 4. The van der Waals surface area contributed by atoms with E-state index in [1.807, 2.05) is 37.3 Å². The summed E-state index contributed by atoms with van der Waals surface area (Å²) in [4.78, 5) is 24.2. The van der Waals surface area contributed by atoms with Crippen molar-refractivity contribution in [2.24, 2.45) is 0 Å². The molecule has 1 amide bonds. The van der Waals surface area contributed by atoms with Crippen molar-refractivity contribution in [3.63, 3.8) is 0 Å². The van der Waals surface area contributed by atoms with E-state index >= 15 is 0 Å². The molecular formula is C22H23NO5. The summed E-state index contributed by atoms with van der Waals surface area (Å²) in [6, 6.07) is 14.7. The maximum absolute atomic E-state index is 12.4. The van der Waals surface area contributed by atoms with E-state index in [0.717, 1.165) is 11.1 Å². The lowest BCUT2D eigenvalue weighted by Gasteiger charge is -2.14. The number of amides is 1. The number of carboxylic acid groups (broad SMARTS) is 1. The average Bonchev–Trinajstić information content (AvgIpc) is 3.43. The third kappa shape index (κ3) is 4.01. The second-order valence-corrected chi connectivity index (χ2v) is 6.61. The Kier molecular flexibility index (Phi) is 5.68. The highest BCUT2D eigenvalue weighted by Gasteiger charge is 2.62. The van der Waals surface area contributed by atoms with Gasteiger partial charge in [-0.3, -0.25) is 4.79 Å². The Morgan fingerprint density at radius 2 is 1.96 bits per heavy atom. The summed E-state index contributed by atoms with van der Waals surface area (Å²) < 4.78 is 10.8. The predicted molar refractivity (Wildman–Crippen MR) is 106 cm³/mol. The average molecular weight is 381 g/mol. The van der Waals surface area contributed by atoms with Crippen LogP contribution in [0, 0.1) is 0 Å². The molecule has 1 fully saturated rings. The van der Waals surface area contributed by atoms with Gasteiger partial charge in [-0.05, 0) is 42.7 Å². The van der Waals surface area contributed by atoms with E-state index in [1.54, 1.807) is 31.4 Å². The molecule has 1 aliphatic rings. The van der Waals surface area contributed by atoms with Crippen molar-refractivity contribution in [2.75, 3.05) is 13.7 Å². The predicted octanol–water partition coefficient (Wildman–Crippen LogP) is 3.23. The smallest absolute Gasteiger partial charge is 0.330 e. The van der Waals surface area contributed by atoms with Crippen molar-refractivity contribution in [2.45, 2.75) is 24.8 Å². The minimum Gasteiger partial charge on any atom is -0.493 e. The van der Waals surface area contributed by atoms with Gasteiger partial charge in [0.15, 0.2) is 11.5 Å². The zero-order valence-electron chi connectivity index (χ0n) is 15.8. The van der Waals surface area contributed by atoms with E-state index < -0.39 is 17.4 Å². The second kappa shape index (κ2) is 8.17. The van der Waals surface area contributed by atoms with Gasteiger partial charge in [0.25, 0.3) is 0 Å². The Hall–Kier alpha value is -3.28. The zero-order chi connectivity index (χ0) is 20.1. The van der Waals surface area contributed by atoms with E-state index in [-0.39, 0.29) is 5.92 Å². The monoisotopic (exact) mass is 381 g/mol. The van der Waals surface area contributed by atoms with Crippen LogP contribution in [-0.4, -0.2) is 36.2 Å². The lowest BCUT2D eigenvalue weighted by atomic mass is 10.1. The van der Waals surface area contributed by atoms with Crippen LogP contribution < -0.4 is 14.8 Å². The van der Waals surface area contributed by atoms with E-state index in [2.05, 4.69) is 5.32 Å². The molecule has 0 heterocycles. The molecule has 6 heteroatoms. The van der Waals surface area contributed by atoms with E-state index in [4.69, 9.17) is 9.47 Å². The van der Waals surface area contributed by atoms with Gasteiger partial charge < -0.3 is 19.9 Å². The highest BCUT2D eigenvalue weighted by molar-refractivity contribution is 5.98. The summed E-state index contributed by atoms with van der Waals surface area (Å²) >= 11 is 0. The van der Waals surface area contributed by atoms with Gasteiger partial charge in [-0.1, -0.05) is 36.4 Å². The number of ether oxygens (including phenoxy) is 2. The number of carbonyl (C=O) groups is 2. The molecule has 0 aromatic heterocycles. The van der Waals surface area contributed by atoms with Crippen LogP contribution in [0.2, 0.25) is 0 Å². The lowest BCUT2D eigenvalue weighted by Crippen LogP contribution is -2.43. The fraction of sp³-hybridized carbons (Fsp3) is 0.273. The van der Waals surface area contributed by atoms with E-state index in [9.17, 15) is 14.7 Å². The van der Waals surface area contributed by atoms with Gasteiger partial charge in [0.05, 0.1) is 13.7 Å². The Morgan fingerprint density at radius 1 is 1.21 bits per heavy atom. The number of rotatable bonds is 8. The fourth-order valence-corrected chi connectivity index (χ4v) is 3.27.